The van der Waals surface area contributed by atoms with Gasteiger partial charge in [-0.25, -0.2) is 9.97 Å². The maximum atomic E-state index is 14.2. The first-order chi connectivity index (χ1) is 34.2. The van der Waals surface area contributed by atoms with Gasteiger partial charge in [0.2, 0.25) is 17.7 Å². The van der Waals surface area contributed by atoms with Crippen LogP contribution >= 0.6 is 0 Å². The molecule has 4 aromatic rings. The zero-order chi connectivity index (χ0) is 49.5. The van der Waals surface area contributed by atoms with Gasteiger partial charge in [0.1, 0.15) is 23.2 Å². The number of pyridine rings is 2. The van der Waals surface area contributed by atoms with E-state index in [1.165, 1.54) is 11.3 Å². The average Bonchev–Trinajstić information content (AvgIpc) is 3.95. The maximum absolute atomic E-state index is 14.2. The molecule has 18 nitrogen and oxygen atoms in total. The van der Waals surface area contributed by atoms with Crippen molar-refractivity contribution in [2.24, 2.45) is 5.41 Å². The van der Waals surface area contributed by atoms with E-state index >= 15 is 0 Å². The number of aromatic nitrogens is 3. The number of carbonyl (C=O) groups is 5. The number of fused-ring (bicyclic) bond motifs is 4. The molecule has 11 rings (SSSR count). The van der Waals surface area contributed by atoms with Gasteiger partial charge in [0.15, 0.2) is 0 Å². The van der Waals surface area contributed by atoms with Gasteiger partial charge in [-0.3, -0.25) is 39.1 Å². The molecule has 0 spiro atoms. The van der Waals surface area contributed by atoms with Crippen molar-refractivity contribution in [3.05, 3.63) is 82.9 Å². The SMILES string of the molecule is COc1ncc(N2CCC[C@H](N3CCn4c(cc5c4CC(C)(C)C5)C3=O)[C@H]2[C@@H](C)O)cc1Nc1ccc(N2CCN(C3CCN(c4ccc5c(c4)C(=O)N(C4CCC(=O)NC4=O)C5=O)CC3)C[C@@H]2C)cn1. The number of piperazine rings is 1. The first-order valence-corrected chi connectivity index (χ1v) is 25.5. The molecule has 1 unspecified atom stereocenters. The number of aliphatic hydroxyl groups is 1. The van der Waals surface area contributed by atoms with E-state index in [-0.39, 0.29) is 42.3 Å². The van der Waals surface area contributed by atoms with Crippen LogP contribution in [0.2, 0.25) is 0 Å². The number of piperidine rings is 3. The minimum Gasteiger partial charge on any atom is -0.480 e. The second-order valence-corrected chi connectivity index (χ2v) is 21.5. The average molecular weight is 968 g/mol. The van der Waals surface area contributed by atoms with Crippen LogP contribution in [0, 0.1) is 5.41 Å². The van der Waals surface area contributed by atoms with E-state index in [0.29, 0.717) is 41.1 Å². The number of aliphatic hydroxyl groups excluding tert-OH is 1. The molecular weight excluding hydrogens is 903 g/mol. The van der Waals surface area contributed by atoms with Gasteiger partial charge < -0.3 is 39.3 Å². The smallest absolute Gasteiger partial charge is 0.270 e. The monoisotopic (exact) mass is 968 g/mol. The Hall–Kier alpha value is -6.53. The Labute approximate surface area is 414 Å². The van der Waals surface area contributed by atoms with E-state index in [4.69, 9.17) is 14.7 Å². The first-order valence-electron chi connectivity index (χ1n) is 25.5. The highest BCUT2D eigenvalue weighted by atomic mass is 16.5. The third kappa shape index (κ3) is 8.45. The molecule has 5 amide bonds. The molecule has 0 bridgehead atoms. The van der Waals surface area contributed by atoms with Gasteiger partial charge in [0.05, 0.1) is 60.2 Å². The van der Waals surface area contributed by atoms with E-state index < -0.39 is 35.8 Å². The van der Waals surface area contributed by atoms with Crippen molar-refractivity contribution in [2.75, 3.05) is 72.9 Å². The lowest BCUT2D eigenvalue weighted by Gasteiger charge is -2.49. The van der Waals surface area contributed by atoms with Gasteiger partial charge in [-0.1, -0.05) is 13.8 Å². The normalized spacial score (nSPS) is 25.3. The van der Waals surface area contributed by atoms with Crippen molar-refractivity contribution in [3.63, 3.8) is 0 Å². The molecule has 71 heavy (non-hydrogen) atoms. The van der Waals surface area contributed by atoms with Crippen molar-refractivity contribution in [3.8, 4) is 5.88 Å². The minimum atomic E-state index is -0.984. The van der Waals surface area contributed by atoms with Crippen LogP contribution in [0.4, 0.5) is 28.6 Å². The summed E-state index contributed by atoms with van der Waals surface area (Å²) in [5.74, 6) is -0.854. The highest BCUT2D eigenvalue weighted by Crippen LogP contribution is 2.41. The summed E-state index contributed by atoms with van der Waals surface area (Å²) in [7, 11) is 1.60. The van der Waals surface area contributed by atoms with Crippen LogP contribution in [0.25, 0.3) is 0 Å². The lowest BCUT2D eigenvalue weighted by molar-refractivity contribution is -0.136. The molecule has 6 aliphatic heterocycles. The van der Waals surface area contributed by atoms with Gasteiger partial charge in [0, 0.05) is 82.2 Å². The lowest BCUT2D eigenvalue weighted by Crippen LogP contribution is -2.62. The highest BCUT2D eigenvalue weighted by Gasteiger charge is 2.46. The third-order valence-electron chi connectivity index (χ3n) is 16.3. The maximum Gasteiger partial charge on any atom is 0.270 e. The Morgan fingerprint density at radius 3 is 2.28 bits per heavy atom. The number of rotatable bonds is 10. The topological polar surface area (TPSA) is 189 Å². The number of benzene rings is 1. The molecule has 374 valence electrons. The number of carbonyl (C=O) groups excluding carboxylic acids is 5. The van der Waals surface area contributed by atoms with E-state index in [2.05, 4.69) is 67.7 Å². The number of amides is 5. The Bertz CT molecular complexity index is 2780. The summed E-state index contributed by atoms with van der Waals surface area (Å²) in [5, 5.41) is 17.1. The molecule has 9 heterocycles. The highest BCUT2D eigenvalue weighted by molar-refractivity contribution is 6.23. The quantitative estimate of drug-likeness (QED) is 0.187. The van der Waals surface area contributed by atoms with E-state index in [9.17, 15) is 29.1 Å². The Balaban J connectivity index is 0.705. The fraction of sp³-hybridized carbons (Fsp3) is 0.528. The van der Waals surface area contributed by atoms with Crippen molar-refractivity contribution >= 4 is 58.1 Å². The van der Waals surface area contributed by atoms with E-state index in [1.807, 2.05) is 36.2 Å². The summed E-state index contributed by atoms with van der Waals surface area (Å²) in [6, 6.07) is 12.8. The van der Waals surface area contributed by atoms with Crippen LogP contribution in [-0.2, 0) is 29.0 Å². The van der Waals surface area contributed by atoms with Gasteiger partial charge in [-0.15, -0.1) is 0 Å². The molecule has 4 fully saturated rings. The predicted molar refractivity (Wildman–Crippen MR) is 268 cm³/mol. The summed E-state index contributed by atoms with van der Waals surface area (Å²) in [6.45, 7) is 15.1. The second kappa shape index (κ2) is 18.3. The van der Waals surface area contributed by atoms with Crippen molar-refractivity contribution in [1.29, 1.82) is 0 Å². The summed E-state index contributed by atoms with van der Waals surface area (Å²) in [6.07, 6.45) is 8.81. The number of nitrogens with zero attached hydrogens (tertiary/aromatic N) is 9. The number of methoxy groups -OCH3 is 1. The molecule has 3 N–H and O–H groups in total. The second-order valence-electron chi connectivity index (χ2n) is 21.5. The molecule has 4 saturated heterocycles. The molecule has 5 atom stereocenters. The van der Waals surface area contributed by atoms with Gasteiger partial charge in [0.25, 0.3) is 17.7 Å². The minimum absolute atomic E-state index is 0.0537. The Morgan fingerprint density at radius 1 is 0.789 bits per heavy atom. The van der Waals surface area contributed by atoms with Crippen LogP contribution < -0.4 is 30.1 Å². The summed E-state index contributed by atoms with van der Waals surface area (Å²) in [4.78, 5) is 87.3. The molecule has 1 aliphatic carbocycles. The van der Waals surface area contributed by atoms with E-state index in [0.717, 1.165) is 112 Å². The van der Waals surface area contributed by atoms with Crippen LogP contribution in [0.5, 0.6) is 5.88 Å². The zero-order valence-electron chi connectivity index (χ0n) is 41.4. The largest absolute Gasteiger partial charge is 0.480 e. The number of ether oxygens (including phenoxy) is 1. The van der Waals surface area contributed by atoms with Gasteiger partial charge in [-0.05, 0) is 112 Å². The predicted octanol–water partition coefficient (Wildman–Crippen LogP) is 4.61. The van der Waals surface area contributed by atoms with Crippen molar-refractivity contribution < 1.29 is 33.8 Å². The molecule has 1 aromatic carbocycles. The van der Waals surface area contributed by atoms with Crippen molar-refractivity contribution in [1.82, 2.24) is 34.6 Å². The van der Waals surface area contributed by atoms with Crippen molar-refractivity contribution in [2.45, 2.75) is 122 Å². The molecule has 3 aromatic heterocycles. The number of anilines is 5. The van der Waals surface area contributed by atoms with Gasteiger partial charge in [-0.2, -0.15) is 0 Å². The molecule has 18 heteroatoms. The lowest BCUT2D eigenvalue weighted by atomic mass is 9.89. The number of imide groups is 2. The summed E-state index contributed by atoms with van der Waals surface area (Å²) >= 11 is 0. The summed E-state index contributed by atoms with van der Waals surface area (Å²) in [5.41, 5.74) is 7.62. The van der Waals surface area contributed by atoms with Gasteiger partial charge >= 0.3 is 0 Å². The van der Waals surface area contributed by atoms with Crippen LogP contribution in [-0.4, -0.2) is 153 Å². The number of nitrogens with one attached hydrogen (secondary N) is 2. The summed E-state index contributed by atoms with van der Waals surface area (Å²) < 4.78 is 7.98. The van der Waals surface area contributed by atoms with Crippen LogP contribution in [0.3, 0.4) is 0 Å². The molecule has 0 saturated carbocycles. The standard InChI is InChI=1S/C53H65N11O7/c1-31-30-59(34-14-17-58(18-15-34)35-8-10-38-39(24-35)51(69)64(50(38)68)42-11-13-46(66)57-48(42)67)19-20-60(31)36-9-12-45(54-28-36)56-40-25-37(29-55-49(40)71-5)61-16-6-7-41(47(61)32(2)65)63-22-21-62-43(52(63)70)23-33-26-53(3,4)27-44(33)62/h8-10,12,23-25,28-29,31-32,34,41-42,47,65H,6-7,11,13-22,26-27,30H2,1-5H3,(H,54,56)(H,57,66,67)/t31-,32+,41-,42?,47+/m0/s1. The number of hydrogen-bond acceptors (Lipinski definition) is 14. The fourth-order valence-corrected chi connectivity index (χ4v) is 12.9. The first kappa shape index (κ1) is 46.8. The van der Waals surface area contributed by atoms with E-state index in [1.54, 1.807) is 25.4 Å². The number of hydrogen-bond donors (Lipinski definition) is 3. The Kier molecular flexibility index (Phi) is 12.0. The molecule has 0 radical (unpaired) electrons. The Morgan fingerprint density at radius 2 is 1.55 bits per heavy atom. The third-order valence-corrected chi connectivity index (χ3v) is 16.3. The zero-order valence-corrected chi connectivity index (χ0v) is 41.4. The molecular formula is C53H65N11O7. The fourth-order valence-electron chi connectivity index (χ4n) is 12.9. The van der Waals surface area contributed by atoms with Crippen LogP contribution in [0.15, 0.2) is 54.9 Å². The molecule has 7 aliphatic rings. The van der Waals surface area contributed by atoms with Crippen LogP contribution in [0.1, 0.15) is 109 Å².